The Morgan fingerprint density at radius 2 is 1.95 bits per heavy atom. The van der Waals surface area contributed by atoms with Crippen LogP contribution in [0, 0.1) is 5.92 Å². The van der Waals surface area contributed by atoms with E-state index in [1.165, 1.54) is 5.56 Å². The Hall–Kier alpha value is -1.15. The molecule has 1 fully saturated rings. The van der Waals surface area contributed by atoms with Gasteiger partial charge in [0, 0.05) is 17.9 Å². The maximum absolute atomic E-state index is 12.6. The summed E-state index contributed by atoms with van der Waals surface area (Å²) in [7, 11) is 0. The summed E-state index contributed by atoms with van der Waals surface area (Å²) in [6, 6.07) is 6.40. The molecule has 0 aliphatic heterocycles. The molecule has 0 spiro atoms. The fourth-order valence-electron chi connectivity index (χ4n) is 4.56. The molecule has 2 aliphatic carbocycles. The van der Waals surface area contributed by atoms with Crippen molar-refractivity contribution in [1.29, 1.82) is 0 Å². The number of hydrogen-bond acceptors (Lipinski definition) is 2. The number of hydrogen-bond donors (Lipinski definition) is 1. The number of carbonyl (C=O) groups is 1. The molecule has 0 radical (unpaired) electrons. The zero-order valence-electron chi connectivity index (χ0n) is 13.6. The van der Waals surface area contributed by atoms with Gasteiger partial charge >= 0.3 is 0 Å². The van der Waals surface area contributed by atoms with Gasteiger partial charge in [-0.15, -0.1) is 0 Å². The maximum Gasteiger partial charge on any atom is 0.163 e. The van der Waals surface area contributed by atoms with E-state index in [0.29, 0.717) is 12.3 Å². The van der Waals surface area contributed by atoms with Crippen LogP contribution in [0.3, 0.4) is 0 Å². The molecule has 1 aromatic carbocycles. The molecule has 1 unspecified atom stereocenters. The van der Waals surface area contributed by atoms with E-state index >= 15 is 0 Å². The van der Waals surface area contributed by atoms with Crippen molar-refractivity contribution in [3.63, 3.8) is 0 Å². The normalized spacial score (nSPS) is 35.5. The Morgan fingerprint density at radius 1 is 1.24 bits per heavy atom. The second-order valence-corrected chi connectivity index (χ2v) is 7.77. The largest absolute Gasteiger partial charge is 0.390 e. The fourth-order valence-corrected chi connectivity index (χ4v) is 4.56. The summed E-state index contributed by atoms with van der Waals surface area (Å²) in [6.45, 7) is 8.47. The van der Waals surface area contributed by atoms with Gasteiger partial charge in [0.25, 0.3) is 0 Å². The summed E-state index contributed by atoms with van der Waals surface area (Å²) in [6.07, 6.45) is 3.38. The maximum atomic E-state index is 12.6. The molecular formula is C19H26O2. The number of ketones is 1. The highest BCUT2D eigenvalue weighted by Gasteiger charge is 2.53. The minimum absolute atomic E-state index is 0.0450. The van der Waals surface area contributed by atoms with Gasteiger partial charge in [0.1, 0.15) is 0 Å². The van der Waals surface area contributed by atoms with E-state index in [-0.39, 0.29) is 17.1 Å². The van der Waals surface area contributed by atoms with E-state index in [2.05, 4.69) is 39.0 Å². The summed E-state index contributed by atoms with van der Waals surface area (Å²) in [5.41, 5.74) is 2.50. The summed E-state index contributed by atoms with van der Waals surface area (Å²) in [4.78, 5) is 12.6. The van der Waals surface area contributed by atoms with Crippen molar-refractivity contribution in [3.05, 3.63) is 34.9 Å². The summed E-state index contributed by atoms with van der Waals surface area (Å²) in [5, 5.41) is 10.8. The SMILES string of the molecule is CC(C)c1ccc2c(c1)C(=O)CC1[C@](C)(O)CCC[C@]21C. The molecule has 0 heterocycles. The summed E-state index contributed by atoms with van der Waals surface area (Å²) < 4.78 is 0. The van der Waals surface area contributed by atoms with E-state index in [1.807, 2.05) is 6.92 Å². The van der Waals surface area contributed by atoms with Crippen molar-refractivity contribution in [3.8, 4) is 0 Å². The average Bonchev–Trinajstić information content (AvgIpc) is 2.41. The molecule has 0 saturated heterocycles. The molecule has 1 aromatic rings. The number of rotatable bonds is 1. The van der Waals surface area contributed by atoms with Gasteiger partial charge in [-0.2, -0.15) is 0 Å². The van der Waals surface area contributed by atoms with E-state index in [9.17, 15) is 9.90 Å². The molecular weight excluding hydrogens is 260 g/mol. The molecule has 3 atom stereocenters. The number of benzene rings is 1. The van der Waals surface area contributed by atoms with Gasteiger partial charge in [-0.25, -0.2) is 0 Å². The van der Waals surface area contributed by atoms with Gasteiger partial charge in [0.2, 0.25) is 0 Å². The topological polar surface area (TPSA) is 37.3 Å². The lowest BCUT2D eigenvalue weighted by molar-refractivity contribution is -0.0703. The second-order valence-electron chi connectivity index (χ2n) is 7.77. The van der Waals surface area contributed by atoms with Crippen molar-refractivity contribution in [2.75, 3.05) is 0 Å². The van der Waals surface area contributed by atoms with Gasteiger partial charge < -0.3 is 5.11 Å². The first-order valence-electron chi connectivity index (χ1n) is 8.16. The molecule has 1 saturated carbocycles. The first kappa shape index (κ1) is 14.8. The highest BCUT2D eigenvalue weighted by molar-refractivity contribution is 5.99. The molecule has 2 heteroatoms. The van der Waals surface area contributed by atoms with E-state index < -0.39 is 5.60 Å². The minimum Gasteiger partial charge on any atom is -0.390 e. The fraction of sp³-hybridized carbons (Fsp3) is 0.632. The quantitative estimate of drug-likeness (QED) is 0.840. The van der Waals surface area contributed by atoms with Crippen LogP contribution in [0.25, 0.3) is 0 Å². The van der Waals surface area contributed by atoms with Crippen molar-refractivity contribution >= 4 is 5.78 Å². The Morgan fingerprint density at radius 3 is 2.62 bits per heavy atom. The van der Waals surface area contributed by atoms with Crippen LogP contribution in [-0.2, 0) is 5.41 Å². The van der Waals surface area contributed by atoms with Gasteiger partial charge in [0.05, 0.1) is 5.60 Å². The van der Waals surface area contributed by atoms with Gasteiger partial charge in [-0.1, -0.05) is 32.9 Å². The smallest absolute Gasteiger partial charge is 0.163 e. The van der Waals surface area contributed by atoms with Crippen LogP contribution in [0.1, 0.15) is 80.8 Å². The molecule has 0 bridgehead atoms. The summed E-state index contributed by atoms with van der Waals surface area (Å²) >= 11 is 0. The van der Waals surface area contributed by atoms with Crippen LogP contribution in [0.15, 0.2) is 18.2 Å². The summed E-state index contributed by atoms with van der Waals surface area (Å²) in [5.74, 6) is 0.684. The highest BCUT2D eigenvalue weighted by Crippen LogP contribution is 2.53. The number of Topliss-reactive ketones (excluding diaryl/α,β-unsaturated/α-hetero) is 1. The van der Waals surface area contributed by atoms with Crippen LogP contribution in [0.4, 0.5) is 0 Å². The minimum atomic E-state index is -0.725. The average molecular weight is 286 g/mol. The Bertz CT molecular complexity index is 585. The van der Waals surface area contributed by atoms with Crippen LogP contribution in [0.2, 0.25) is 0 Å². The predicted molar refractivity (Wildman–Crippen MR) is 84.8 cm³/mol. The Labute approximate surface area is 127 Å². The van der Waals surface area contributed by atoms with Crippen molar-refractivity contribution in [2.24, 2.45) is 5.92 Å². The lowest BCUT2D eigenvalue weighted by Gasteiger charge is -2.52. The van der Waals surface area contributed by atoms with Crippen molar-refractivity contribution < 1.29 is 9.90 Å². The third kappa shape index (κ3) is 2.15. The Kier molecular flexibility index (Phi) is 3.29. The molecule has 114 valence electrons. The van der Waals surface area contributed by atoms with Crippen LogP contribution in [0.5, 0.6) is 0 Å². The number of carbonyl (C=O) groups excluding carboxylic acids is 1. The van der Waals surface area contributed by atoms with Crippen LogP contribution >= 0.6 is 0 Å². The van der Waals surface area contributed by atoms with Crippen molar-refractivity contribution in [2.45, 2.75) is 70.3 Å². The third-order valence-corrected chi connectivity index (χ3v) is 5.91. The van der Waals surface area contributed by atoms with E-state index in [1.54, 1.807) is 0 Å². The van der Waals surface area contributed by atoms with Gasteiger partial charge in [-0.05, 0) is 54.7 Å². The predicted octanol–water partition coefficient (Wildman–Crippen LogP) is 4.21. The molecule has 0 amide bonds. The molecule has 21 heavy (non-hydrogen) atoms. The van der Waals surface area contributed by atoms with Crippen LogP contribution in [-0.4, -0.2) is 16.5 Å². The second kappa shape index (κ2) is 4.67. The zero-order chi connectivity index (χ0) is 15.4. The first-order valence-corrected chi connectivity index (χ1v) is 8.16. The van der Waals surface area contributed by atoms with Crippen LogP contribution < -0.4 is 0 Å². The lowest BCUT2D eigenvalue weighted by atomic mass is 9.53. The lowest BCUT2D eigenvalue weighted by Crippen LogP contribution is -2.54. The molecule has 1 N–H and O–H groups in total. The molecule has 2 aliphatic rings. The number of fused-ring (bicyclic) bond motifs is 3. The standard InChI is InChI=1S/C19H26O2/c1-12(2)13-6-7-15-14(10-13)16(20)11-17-18(15,3)8-5-9-19(17,4)21/h6-7,10,12,17,21H,5,8-9,11H2,1-4H3/t17?,18-,19-/m1/s1. The molecule has 0 aromatic heterocycles. The highest BCUT2D eigenvalue weighted by atomic mass is 16.3. The van der Waals surface area contributed by atoms with Crippen molar-refractivity contribution in [1.82, 2.24) is 0 Å². The molecule has 3 rings (SSSR count). The zero-order valence-corrected chi connectivity index (χ0v) is 13.6. The monoisotopic (exact) mass is 286 g/mol. The molecule has 2 nitrogen and oxygen atoms in total. The van der Waals surface area contributed by atoms with E-state index in [4.69, 9.17) is 0 Å². The van der Waals surface area contributed by atoms with E-state index in [0.717, 1.165) is 30.4 Å². The first-order chi connectivity index (χ1) is 9.75. The third-order valence-electron chi connectivity index (χ3n) is 5.91. The Balaban J connectivity index is 2.15. The number of aliphatic hydroxyl groups is 1. The van der Waals surface area contributed by atoms with Gasteiger partial charge in [-0.3, -0.25) is 4.79 Å². The van der Waals surface area contributed by atoms with Gasteiger partial charge in [0.15, 0.2) is 5.78 Å².